The van der Waals surface area contributed by atoms with Crippen LogP contribution in [-0.4, -0.2) is 68.6 Å². The van der Waals surface area contributed by atoms with Gasteiger partial charge in [0.05, 0.1) is 0 Å². The molecule has 0 aromatic heterocycles. The van der Waals surface area contributed by atoms with Gasteiger partial charge in [-0.05, 0) is 62.5 Å². The summed E-state index contributed by atoms with van der Waals surface area (Å²) in [6.45, 7) is 17.4. The van der Waals surface area contributed by atoms with Crippen LogP contribution in [0.3, 0.4) is 0 Å². The molecule has 2 atom stereocenters. The predicted molar refractivity (Wildman–Crippen MR) is 147 cm³/mol. The van der Waals surface area contributed by atoms with Gasteiger partial charge in [0.2, 0.25) is 0 Å². The molecule has 0 N–H and O–H groups in total. The first kappa shape index (κ1) is 35.1. The van der Waals surface area contributed by atoms with E-state index in [1.807, 2.05) is 13.8 Å². The SMILES string of the molecule is CCCO[Si](CCC(C)S)(OCCC)OCCC.CCOC(OCC)O[SiH2]CCC(C)S. The van der Waals surface area contributed by atoms with Crippen molar-refractivity contribution in [2.75, 3.05) is 33.0 Å². The summed E-state index contributed by atoms with van der Waals surface area (Å²) in [5, 5.41) is 0.821. The first-order valence-corrected chi connectivity index (χ1v) is 17.0. The molecule has 0 aromatic rings. The second-order valence-electron chi connectivity index (χ2n) is 7.68. The van der Waals surface area contributed by atoms with E-state index in [4.69, 9.17) is 27.2 Å². The molecule has 32 heavy (non-hydrogen) atoms. The molecule has 0 saturated carbocycles. The van der Waals surface area contributed by atoms with Gasteiger partial charge in [0.25, 0.3) is 6.48 Å². The van der Waals surface area contributed by atoms with Crippen molar-refractivity contribution >= 4 is 43.8 Å². The van der Waals surface area contributed by atoms with Crippen LogP contribution in [0.1, 0.15) is 80.6 Å². The minimum Gasteiger partial charge on any atom is -0.379 e. The Kier molecular flexibility index (Phi) is 27.4. The number of ether oxygens (including phenoxy) is 2. The lowest BCUT2D eigenvalue weighted by Crippen LogP contribution is -2.46. The van der Waals surface area contributed by atoms with Crippen LogP contribution in [0.15, 0.2) is 0 Å². The summed E-state index contributed by atoms with van der Waals surface area (Å²) in [5.41, 5.74) is 0. The van der Waals surface area contributed by atoms with Gasteiger partial charge in [0, 0.05) is 39.1 Å². The van der Waals surface area contributed by atoms with Crippen LogP contribution in [0, 0.1) is 0 Å². The molecule has 0 aliphatic heterocycles. The molecule has 0 aliphatic rings. The summed E-state index contributed by atoms with van der Waals surface area (Å²) < 4.78 is 34.0. The van der Waals surface area contributed by atoms with Gasteiger partial charge < -0.3 is 27.2 Å². The van der Waals surface area contributed by atoms with Crippen LogP contribution < -0.4 is 0 Å². The predicted octanol–water partition coefficient (Wildman–Crippen LogP) is 5.48. The second kappa shape index (κ2) is 25.0. The highest BCUT2D eigenvalue weighted by Crippen LogP contribution is 2.21. The van der Waals surface area contributed by atoms with Crippen LogP contribution in [0.25, 0.3) is 0 Å². The Bertz CT molecular complexity index is 355. The Morgan fingerprint density at radius 3 is 1.50 bits per heavy atom. The van der Waals surface area contributed by atoms with Crippen molar-refractivity contribution in [3.8, 4) is 0 Å². The fourth-order valence-corrected chi connectivity index (χ4v) is 7.72. The molecule has 0 radical (unpaired) electrons. The third-order valence-corrected chi connectivity index (χ3v) is 8.63. The monoisotopic (exact) mass is 532 g/mol. The van der Waals surface area contributed by atoms with Crippen molar-refractivity contribution in [3.63, 3.8) is 0 Å². The fraction of sp³-hybridized carbons (Fsp3) is 1.00. The van der Waals surface area contributed by atoms with Crippen molar-refractivity contribution in [3.05, 3.63) is 0 Å². The average Bonchev–Trinajstić information content (AvgIpc) is 2.76. The topological polar surface area (TPSA) is 55.4 Å². The minimum absolute atomic E-state index is 0.359. The molecule has 6 nitrogen and oxygen atoms in total. The molecule has 0 aliphatic carbocycles. The van der Waals surface area contributed by atoms with Gasteiger partial charge in [-0.1, -0.05) is 34.6 Å². The van der Waals surface area contributed by atoms with E-state index in [-0.39, 0.29) is 0 Å². The summed E-state index contributed by atoms with van der Waals surface area (Å²) in [7, 11) is -2.99. The van der Waals surface area contributed by atoms with Crippen molar-refractivity contribution in [1.82, 2.24) is 0 Å². The molecule has 0 bridgehead atoms. The largest absolute Gasteiger partial charge is 0.500 e. The molecule has 0 heterocycles. The van der Waals surface area contributed by atoms with Gasteiger partial charge in [-0.3, -0.25) is 0 Å². The third-order valence-electron chi connectivity index (χ3n) is 4.07. The van der Waals surface area contributed by atoms with Crippen molar-refractivity contribution in [1.29, 1.82) is 0 Å². The van der Waals surface area contributed by atoms with E-state index in [0.29, 0.717) is 23.7 Å². The van der Waals surface area contributed by atoms with Crippen LogP contribution in [0.5, 0.6) is 0 Å². The summed E-state index contributed by atoms with van der Waals surface area (Å²) in [4.78, 5) is 0. The lowest BCUT2D eigenvalue weighted by atomic mass is 10.4. The standard InChI is InChI=1S/C13H30O3SSi.C9H22O3SSi/c1-5-9-14-18(15-10-6-2,16-11-7-3)12-8-13(4)17;1-4-10-9(11-5-2)12-14-7-6-8(3)13/h13,17H,5-12H2,1-4H3;8-9,13H,4-7,14H2,1-3H3. The van der Waals surface area contributed by atoms with Crippen LogP contribution in [0.4, 0.5) is 0 Å². The van der Waals surface area contributed by atoms with Gasteiger partial charge in [0.15, 0.2) is 9.76 Å². The van der Waals surface area contributed by atoms with Gasteiger partial charge in [-0.2, -0.15) is 25.3 Å². The normalized spacial score (nSPS) is 14.1. The van der Waals surface area contributed by atoms with Gasteiger partial charge in [-0.15, -0.1) is 0 Å². The maximum Gasteiger partial charge on any atom is 0.500 e. The summed E-state index contributed by atoms with van der Waals surface area (Å²) in [5.74, 6) is 0. The van der Waals surface area contributed by atoms with E-state index in [2.05, 4.69) is 59.9 Å². The van der Waals surface area contributed by atoms with Gasteiger partial charge >= 0.3 is 8.80 Å². The van der Waals surface area contributed by atoms with Crippen molar-refractivity contribution < 1.29 is 27.2 Å². The van der Waals surface area contributed by atoms with Crippen molar-refractivity contribution in [2.45, 2.75) is 110 Å². The molecule has 10 heteroatoms. The molecule has 0 fully saturated rings. The minimum atomic E-state index is -2.47. The number of hydrogen-bond acceptors (Lipinski definition) is 8. The fourth-order valence-electron chi connectivity index (χ4n) is 2.47. The van der Waals surface area contributed by atoms with Gasteiger partial charge in [-0.25, -0.2) is 0 Å². The smallest absolute Gasteiger partial charge is 0.379 e. The molecular formula is C22H52O6S2Si2. The van der Waals surface area contributed by atoms with E-state index >= 15 is 0 Å². The molecule has 196 valence electrons. The molecule has 2 unspecified atom stereocenters. The zero-order valence-corrected chi connectivity index (χ0v) is 26.0. The zero-order valence-electron chi connectivity index (χ0n) is 21.8. The second-order valence-corrected chi connectivity index (χ2v) is 13.6. The Morgan fingerprint density at radius 2 is 1.16 bits per heavy atom. The van der Waals surface area contributed by atoms with Gasteiger partial charge in [0.1, 0.15) is 0 Å². The zero-order chi connectivity index (χ0) is 24.7. The molecular weight excluding hydrogens is 481 g/mol. The summed E-state index contributed by atoms with van der Waals surface area (Å²) in [6, 6.07) is 2.00. The molecule has 0 amide bonds. The van der Waals surface area contributed by atoms with E-state index in [1.165, 1.54) is 0 Å². The van der Waals surface area contributed by atoms with E-state index in [9.17, 15) is 0 Å². The Labute approximate surface area is 213 Å². The average molecular weight is 533 g/mol. The van der Waals surface area contributed by atoms with E-state index in [0.717, 1.165) is 64.0 Å². The molecule has 0 rings (SSSR count). The third kappa shape index (κ3) is 22.7. The highest BCUT2D eigenvalue weighted by molar-refractivity contribution is 7.81. The van der Waals surface area contributed by atoms with Crippen molar-refractivity contribution in [2.24, 2.45) is 0 Å². The van der Waals surface area contributed by atoms with E-state index < -0.39 is 25.0 Å². The molecule has 0 aromatic carbocycles. The Balaban J connectivity index is 0. The Hall–Kier alpha value is 0.894. The highest BCUT2D eigenvalue weighted by Gasteiger charge is 2.40. The lowest BCUT2D eigenvalue weighted by molar-refractivity contribution is -0.243. The Morgan fingerprint density at radius 1 is 0.719 bits per heavy atom. The quantitative estimate of drug-likeness (QED) is 0.0883. The van der Waals surface area contributed by atoms with E-state index in [1.54, 1.807) is 0 Å². The maximum atomic E-state index is 5.99. The maximum absolute atomic E-state index is 5.99. The number of thiol groups is 2. The van der Waals surface area contributed by atoms with Crippen LogP contribution in [-0.2, 0) is 27.2 Å². The first-order chi connectivity index (χ1) is 15.3. The highest BCUT2D eigenvalue weighted by atomic mass is 32.1. The summed E-state index contributed by atoms with van der Waals surface area (Å²) >= 11 is 8.75. The van der Waals surface area contributed by atoms with Crippen LogP contribution >= 0.6 is 25.3 Å². The summed E-state index contributed by atoms with van der Waals surface area (Å²) in [6.07, 6.45) is 5.08. The lowest BCUT2D eigenvalue weighted by Gasteiger charge is -2.30. The number of hydrogen-bond donors (Lipinski definition) is 2. The molecule has 0 spiro atoms. The van der Waals surface area contributed by atoms with Crippen LogP contribution in [0.2, 0.25) is 12.1 Å². The number of rotatable bonds is 21. The first-order valence-electron chi connectivity index (χ1n) is 12.4. The molecule has 0 saturated heterocycles.